The molecule has 180 valence electrons. The van der Waals surface area contributed by atoms with Crippen molar-refractivity contribution in [2.45, 2.75) is 95.4 Å². The first-order valence-electron chi connectivity index (χ1n) is 12.3. The van der Waals surface area contributed by atoms with Crippen molar-refractivity contribution in [1.29, 1.82) is 0 Å². The van der Waals surface area contributed by atoms with Crippen LogP contribution in [0.2, 0.25) is 0 Å². The van der Waals surface area contributed by atoms with Gasteiger partial charge in [-0.3, -0.25) is 19.7 Å². The summed E-state index contributed by atoms with van der Waals surface area (Å²) in [6, 6.07) is 4.39. The van der Waals surface area contributed by atoms with Gasteiger partial charge in [0.1, 0.15) is 5.82 Å². The molecule has 3 aliphatic heterocycles. The van der Waals surface area contributed by atoms with Gasteiger partial charge in [-0.05, 0) is 43.7 Å². The number of piperidine rings is 1. The van der Waals surface area contributed by atoms with Crippen molar-refractivity contribution in [1.82, 2.24) is 16.0 Å². The topological polar surface area (TPSA) is 96.5 Å². The van der Waals surface area contributed by atoms with E-state index < -0.39 is 0 Å². The van der Waals surface area contributed by atoms with Crippen molar-refractivity contribution in [2.75, 3.05) is 6.61 Å². The minimum atomic E-state index is -0.235. The quantitative estimate of drug-likeness (QED) is 0.602. The molecule has 0 unspecified atom stereocenters. The molecule has 4 aliphatic rings. The largest absolute Gasteiger partial charge is 0.376 e. The molecule has 1 aromatic carbocycles. The molecule has 1 aromatic rings. The van der Waals surface area contributed by atoms with Crippen LogP contribution in [0.3, 0.4) is 0 Å². The van der Waals surface area contributed by atoms with Crippen LogP contribution in [0.4, 0.5) is 4.39 Å². The molecule has 1 aliphatic carbocycles. The lowest BCUT2D eigenvalue weighted by atomic mass is 9.90. The van der Waals surface area contributed by atoms with E-state index >= 15 is 0 Å². The van der Waals surface area contributed by atoms with Crippen LogP contribution in [0, 0.1) is 5.82 Å². The Bertz CT molecular complexity index is 871. The third-order valence-electron chi connectivity index (χ3n) is 7.00. The summed E-state index contributed by atoms with van der Waals surface area (Å²) in [6.45, 7) is 1.04. The Hall–Kier alpha value is -2.32. The van der Waals surface area contributed by atoms with Gasteiger partial charge in [0.2, 0.25) is 11.8 Å². The first-order valence-corrected chi connectivity index (χ1v) is 12.3. The Kier molecular flexibility index (Phi) is 8.09. The zero-order valence-electron chi connectivity index (χ0n) is 19.1. The highest BCUT2D eigenvalue weighted by Gasteiger charge is 2.31. The molecule has 7 nitrogen and oxygen atoms in total. The zero-order valence-corrected chi connectivity index (χ0v) is 19.1. The highest BCUT2D eigenvalue weighted by molar-refractivity contribution is 5.98. The monoisotopic (exact) mass is 459 g/mol. The molecule has 3 amide bonds. The molecule has 2 atom stereocenters. The number of hydrogen-bond donors (Lipinski definition) is 3. The molecule has 5 rings (SSSR count). The van der Waals surface area contributed by atoms with E-state index in [0.717, 1.165) is 19.4 Å². The highest BCUT2D eigenvalue weighted by atomic mass is 19.1. The second-order valence-corrected chi connectivity index (χ2v) is 9.44. The van der Waals surface area contributed by atoms with Gasteiger partial charge in [0.15, 0.2) is 0 Å². The lowest BCUT2D eigenvalue weighted by Crippen LogP contribution is -2.50. The molecular formula is C25H34FN3O4. The third-order valence-corrected chi connectivity index (χ3v) is 7.00. The van der Waals surface area contributed by atoms with Crippen LogP contribution in [-0.4, -0.2) is 42.5 Å². The predicted molar refractivity (Wildman–Crippen MR) is 121 cm³/mol. The summed E-state index contributed by atoms with van der Waals surface area (Å²) in [7, 11) is 0. The predicted octanol–water partition coefficient (Wildman–Crippen LogP) is 2.89. The maximum absolute atomic E-state index is 14.8. The van der Waals surface area contributed by atoms with Crippen LogP contribution in [0.1, 0.15) is 85.7 Å². The van der Waals surface area contributed by atoms with Crippen LogP contribution in [-0.2, 0) is 27.3 Å². The highest BCUT2D eigenvalue weighted by Crippen LogP contribution is 2.27. The number of nitrogens with one attached hydrogen (secondary N) is 3. The van der Waals surface area contributed by atoms with Gasteiger partial charge in [-0.1, -0.05) is 25.3 Å². The Balaban J connectivity index is 0.000000275. The molecule has 0 aromatic heterocycles. The van der Waals surface area contributed by atoms with E-state index in [9.17, 15) is 18.8 Å². The molecule has 0 bridgehead atoms. The standard InChI is InChI=1S/C20H27FN2O2.C5H7NO2/c21-19-13(8-9-15-16(19)12-22-20(15)24)11-18-17(7-4-10-25-18)23-14-5-2-1-3-6-14;7-4-2-1-3-5(8)6-4/h8-9,14,17-18,23H,1-7,10-12H2,(H,22,24);1-3H2,(H,6,7,8)/t17-,18+;/m0./s1. The molecule has 3 heterocycles. The second kappa shape index (κ2) is 11.2. The van der Waals surface area contributed by atoms with Crippen molar-refractivity contribution in [3.8, 4) is 0 Å². The minimum absolute atomic E-state index is 0.00768. The van der Waals surface area contributed by atoms with Gasteiger partial charge >= 0.3 is 0 Å². The number of halogens is 1. The molecule has 0 radical (unpaired) electrons. The molecule has 33 heavy (non-hydrogen) atoms. The van der Waals surface area contributed by atoms with Crippen LogP contribution in [0.25, 0.3) is 0 Å². The number of rotatable bonds is 4. The summed E-state index contributed by atoms with van der Waals surface area (Å²) in [5, 5.41) is 8.69. The van der Waals surface area contributed by atoms with E-state index in [1.807, 2.05) is 0 Å². The number of carbonyl (C=O) groups is 3. The van der Waals surface area contributed by atoms with Crippen molar-refractivity contribution >= 4 is 17.7 Å². The molecule has 3 N–H and O–H groups in total. The Morgan fingerprint density at radius 3 is 2.42 bits per heavy atom. The zero-order chi connectivity index (χ0) is 23.2. The number of hydrogen-bond acceptors (Lipinski definition) is 5. The van der Waals surface area contributed by atoms with E-state index in [4.69, 9.17) is 4.74 Å². The number of ether oxygens (including phenoxy) is 1. The number of fused-ring (bicyclic) bond motifs is 1. The van der Waals surface area contributed by atoms with E-state index in [-0.39, 0.29) is 29.6 Å². The minimum Gasteiger partial charge on any atom is -0.376 e. The van der Waals surface area contributed by atoms with E-state index in [1.54, 1.807) is 12.1 Å². The van der Waals surface area contributed by atoms with Crippen LogP contribution >= 0.6 is 0 Å². The fourth-order valence-electron chi connectivity index (χ4n) is 5.19. The second-order valence-electron chi connectivity index (χ2n) is 9.44. The number of imide groups is 1. The van der Waals surface area contributed by atoms with Gasteiger partial charge in [-0.25, -0.2) is 4.39 Å². The van der Waals surface area contributed by atoms with Gasteiger partial charge in [-0.15, -0.1) is 0 Å². The summed E-state index contributed by atoms with van der Waals surface area (Å²) in [6.07, 6.45) is 10.9. The summed E-state index contributed by atoms with van der Waals surface area (Å²) in [5.41, 5.74) is 1.65. The fourth-order valence-corrected chi connectivity index (χ4v) is 5.19. The first kappa shape index (κ1) is 23.8. The number of benzene rings is 1. The summed E-state index contributed by atoms with van der Waals surface area (Å²) in [5.74, 6) is -0.685. The summed E-state index contributed by atoms with van der Waals surface area (Å²) >= 11 is 0. The Labute approximate surface area is 194 Å². The SMILES string of the molecule is O=C1CCCC(=O)N1.O=C1NCc2c1ccc(C[C@H]1OCCC[C@@H]1NC1CCCCC1)c2F. The van der Waals surface area contributed by atoms with Crippen molar-refractivity contribution in [3.63, 3.8) is 0 Å². The van der Waals surface area contributed by atoms with Gasteiger partial charge in [0, 0.05) is 55.6 Å². The lowest BCUT2D eigenvalue weighted by molar-refractivity contribution is -0.132. The molecule has 2 saturated heterocycles. The average Bonchev–Trinajstić information content (AvgIpc) is 3.19. The van der Waals surface area contributed by atoms with E-state index in [0.29, 0.717) is 61.0 Å². The maximum Gasteiger partial charge on any atom is 0.252 e. The summed E-state index contributed by atoms with van der Waals surface area (Å²) in [4.78, 5) is 32.4. The average molecular weight is 460 g/mol. The van der Waals surface area contributed by atoms with Crippen molar-refractivity contribution < 1.29 is 23.5 Å². The van der Waals surface area contributed by atoms with Crippen molar-refractivity contribution in [3.05, 3.63) is 34.6 Å². The van der Waals surface area contributed by atoms with Crippen LogP contribution in [0.5, 0.6) is 0 Å². The van der Waals surface area contributed by atoms with Crippen molar-refractivity contribution in [2.24, 2.45) is 0 Å². The van der Waals surface area contributed by atoms with Gasteiger partial charge in [-0.2, -0.15) is 0 Å². The summed E-state index contributed by atoms with van der Waals surface area (Å²) < 4.78 is 20.8. The number of carbonyl (C=O) groups excluding carboxylic acids is 3. The van der Waals surface area contributed by atoms with Gasteiger partial charge < -0.3 is 15.4 Å². The van der Waals surface area contributed by atoms with Gasteiger partial charge in [0.25, 0.3) is 5.91 Å². The molecule has 1 saturated carbocycles. The number of amides is 3. The van der Waals surface area contributed by atoms with Gasteiger partial charge in [0.05, 0.1) is 6.10 Å². The first-order chi connectivity index (χ1) is 16.0. The third kappa shape index (κ3) is 6.18. The fraction of sp³-hybridized carbons (Fsp3) is 0.640. The smallest absolute Gasteiger partial charge is 0.252 e. The lowest BCUT2D eigenvalue weighted by Gasteiger charge is -2.36. The Morgan fingerprint density at radius 1 is 0.970 bits per heavy atom. The maximum atomic E-state index is 14.8. The molecular weight excluding hydrogens is 425 g/mol. The Morgan fingerprint density at radius 2 is 1.73 bits per heavy atom. The molecule has 3 fully saturated rings. The van der Waals surface area contributed by atoms with E-state index in [2.05, 4.69) is 16.0 Å². The molecule has 8 heteroatoms. The molecule has 0 spiro atoms. The van der Waals surface area contributed by atoms with Crippen LogP contribution in [0.15, 0.2) is 12.1 Å². The normalized spacial score (nSPS) is 25.5. The van der Waals surface area contributed by atoms with E-state index in [1.165, 1.54) is 32.1 Å². The van der Waals surface area contributed by atoms with Crippen LogP contribution < -0.4 is 16.0 Å².